The minimum atomic E-state index is 0.0671. The highest BCUT2D eigenvalue weighted by molar-refractivity contribution is 4.83. The summed E-state index contributed by atoms with van der Waals surface area (Å²) < 4.78 is 5.60. The average Bonchev–Trinajstić information content (AvgIpc) is 1.88. The fourth-order valence-corrected chi connectivity index (χ4v) is 1.42. The SMILES string of the molecule is CCC1(C)CC(N)CCO1. The minimum Gasteiger partial charge on any atom is -0.375 e. The van der Waals surface area contributed by atoms with Crippen molar-refractivity contribution in [3.63, 3.8) is 0 Å². The van der Waals surface area contributed by atoms with Crippen LogP contribution in [0.25, 0.3) is 0 Å². The zero-order valence-corrected chi connectivity index (χ0v) is 6.89. The molecular formula is C8H17NO. The van der Waals surface area contributed by atoms with E-state index in [1.165, 1.54) is 0 Å². The van der Waals surface area contributed by atoms with Crippen LogP contribution in [-0.4, -0.2) is 18.2 Å². The fourth-order valence-electron chi connectivity index (χ4n) is 1.42. The van der Waals surface area contributed by atoms with Crippen LogP contribution in [0.15, 0.2) is 0 Å². The predicted octanol–water partition coefficient (Wildman–Crippen LogP) is 1.29. The van der Waals surface area contributed by atoms with Crippen molar-refractivity contribution >= 4 is 0 Å². The standard InChI is InChI=1S/C8H17NO/c1-3-8(2)6-7(9)4-5-10-8/h7H,3-6,9H2,1-2H3. The first-order valence-corrected chi connectivity index (χ1v) is 4.06. The van der Waals surface area contributed by atoms with Crippen LogP contribution in [0.1, 0.15) is 33.1 Å². The van der Waals surface area contributed by atoms with E-state index >= 15 is 0 Å². The van der Waals surface area contributed by atoms with Crippen molar-refractivity contribution in [2.45, 2.75) is 44.8 Å². The predicted molar refractivity (Wildman–Crippen MR) is 41.9 cm³/mol. The summed E-state index contributed by atoms with van der Waals surface area (Å²) in [7, 11) is 0. The lowest BCUT2D eigenvalue weighted by molar-refractivity contribution is -0.0733. The van der Waals surface area contributed by atoms with Gasteiger partial charge >= 0.3 is 0 Å². The first kappa shape index (κ1) is 8.02. The number of hydrogen-bond acceptors (Lipinski definition) is 2. The van der Waals surface area contributed by atoms with Crippen LogP contribution >= 0.6 is 0 Å². The molecule has 0 spiro atoms. The van der Waals surface area contributed by atoms with Gasteiger partial charge in [0.15, 0.2) is 0 Å². The molecule has 1 rings (SSSR count). The highest BCUT2D eigenvalue weighted by Gasteiger charge is 2.29. The molecule has 60 valence electrons. The molecule has 2 nitrogen and oxygen atoms in total. The molecule has 1 fully saturated rings. The van der Waals surface area contributed by atoms with Crippen molar-refractivity contribution in [2.24, 2.45) is 5.73 Å². The van der Waals surface area contributed by atoms with Gasteiger partial charge in [-0.05, 0) is 26.2 Å². The van der Waals surface area contributed by atoms with Crippen molar-refractivity contribution in [3.8, 4) is 0 Å². The maximum absolute atomic E-state index is 5.81. The molecule has 2 N–H and O–H groups in total. The number of rotatable bonds is 1. The fraction of sp³-hybridized carbons (Fsp3) is 1.00. The van der Waals surface area contributed by atoms with Crippen LogP contribution in [0.2, 0.25) is 0 Å². The number of nitrogens with two attached hydrogens (primary N) is 1. The van der Waals surface area contributed by atoms with E-state index in [9.17, 15) is 0 Å². The lowest BCUT2D eigenvalue weighted by atomic mass is 9.90. The van der Waals surface area contributed by atoms with Gasteiger partial charge in [-0.3, -0.25) is 0 Å². The zero-order chi connectivity index (χ0) is 7.61. The summed E-state index contributed by atoms with van der Waals surface area (Å²) in [4.78, 5) is 0. The quantitative estimate of drug-likeness (QED) is 0.600. The molecule has 0 amide bonds. The van der Waals surface area contributed by atoms with Crippen LogP contribution in [0.3, 0.4) is 0 Å². The zero-order valence-electron chi connectivity index (χ0n) is 6.89. The molecule has 2 heteroatoms. The molecule has 0 radical (unpaired) electrons. The Balaban J connectivity index is 2.45. The van der Waals surface area contributed by atoms with E-state index in [-0.39, 0.29) is 5.60 Å². The summed E-state index contributed by atoms with van der Waals surface area (Å²) in [6.45, 7) is 5.13. The molecule has 0 bridgehead atoms. The van der Waals surface area contributed by atoms with Crippen molar-refractivity contribution in [1.82, 2.24) is 0 Å². The summed E-state index contributed by atoms with van der Waals surface area (Å²) in [6.07, 6.45) is 3.11. The van der Waals surface area contributed by atoms with E-state index in [1.807, 2.05) is 0 Å². The van der Waals surface area contributed by atoms with Crippen molar-refractivity contribution in [3.05, 3.63) is 0 Å². The molecule has 1 aliphatic rings. The molecule has 0 saturated carbocycles. The maximum Gasteiger partial charge on any atom is 0.0666 e. The summed E-state index contributed by atoms with van der Waals surface area (Å²) >= 11 is 0. The van der Waals surface area contributed by atoms with Crippen molar-refractivity contribution in [2.75, 3.05) is 6.61 Å². The Morgan fingerprint density at radius 3 is 2.80 bits per heavy atom. The second-order valence-corrected chi connectivity index (χ2v) is 3.40. The van der Waals surface area contributed by atoms with Crippen LogP contribution in [0.5, 0.6) is 0 Å². The van der Waals surface area contributed by atoms with E-state index in [2.05, 4.69) is 13.8 Å². The smallest absolute Gasteiger partial charge is 0.0666 e. The Morgan fingerprint density at radius 1 is 1.70 bits per heavy atom. The Bertz CT molecular complexity index is 116. The largest absolute Gasteiger partial charge is 0.375 e. The molecular weight excluding hydrogens is 126 g/mol. The summed E-state index contributed by atoms with van der Waals surface area (Å²) in [5.74, 6) is 0. The van der Waals surface area contributed by atoms with Gasteiger partial charge in [0, 0.05) is 12.6 Å². The monoisotopic (exact) mass is 143 g/mol. The van der Waals surface area contributed by atoms with E-state index in [4.69, 9.17) is 10.5 Å². The van der Waals surface area contributed by atoms with Gasteiger partial charge in [-0.25, -0.2) is 0 Å². The molecule has 2 unspecified atom stereocenters. The Morgan fingerprint density at radius 2 is 2.40 bits per heavy atom. The highest BCUT2D eigenvalue weighted by Crippen LogP contribution is 2.26. The van der Waals surface area contributed by atoms with E-state index in [1.54, 1.807) is 0 Å². The highest BCUT2D eigenvalue weighted by atomic mass is 16.5. The normalized spacial score (nSPS) is 41.7. The van der Waals surface area contributed by atoms with Crippen molar-refractivity contribution in [1.29, 1.82) is 0 Å². The lowest BCUT2D eigenvalue weighted by Gasteiger charge is -2.36. The molecule has 0 aliphatic carbocycles. The van der Waals surface area contributed by atoms with E-state index < -0.39 is 0 Å². The van der Waals surface area contributed by atoms with E-state index in [0.29, 0.717) is 6.04 Å². The summed E-state index contributed by atoms with van der Waals surface area (Å²) in [6, 6.07) is 0.360. The minimum absolute atomic E-state index is 0.0671. The summed E-state index contributed by atoms with van der Waals surface area (Å²) in [5, 5.41) is 0. The lowest BCUT2D eigenvalue weighted by Crippen LogP contribution is -2.42. The van der Waals surface area contributed by atoms with Crippen LogP contribution < -0.4 is 5.73 Å². The first-order valence-electron chi connectivity index (χ1n) is 4.06. The van der Waals surface area contributed by atoms with Crippen LogP contribution in [0, 0.1) is 0 Å². The third-order valence-corrected chi connectivity index (χ3v) is 2.38. The Kier molecular flexibility index (Phi) is 2.32. The van der Waals surface area contributed by atoms with Crippen LogP contribution in [0.4, 0.5) is 0 Å². The first-order chi connectivity index (χ1) is 4.66. The number of hydrogen-bond donors (Lipinski definition) is 1. The third-order valence-electron chi connectivity index (χ3n) is 2.38. The van der Waals surface area contributed by atoms with Gasteiger partial charge in [0.05, 0.1) is 5.60 Å². The van der Waals surface area contributed by atoms with Gasteiger partial charge in [-0.1, -0.05) is 6.92 Å². The number of ether oxygens (including phenoxy) is 1. The average molecular weight is 143 g/mol. The van der Waals surface area contributed by atoms with Crippen LogP contribution in [-0.2, 0) is 4.74 Å². The molecule has 10 heavy (non-hydrogen) atoms. The third kappa shape index (κ3) is 1.70. The molecule has 1 heterocycles. The van der Waals surface area contributed by atoms with Gasteiger partial charge in [0.2, 0.25) is 0 Å². The second kappa shape index (κ2) is 2.89. The molecule has 0 aromatic heterocycles. The molecule has 0 aromatic carbocycles. The summed E-state index contributed by atoms with van der Waals surface area (Å²) in [5.41, 5.74) is 5.87. The van der Waals surface area contributed by atoms with Gasteiger partial charge in [-0.2, -0.15) is 0 Å². The molecule has 1 aliphatic heterocycles. The van der Waals surface area contributed by atoms with Gasteiger partial charge in [0.25, 0.3) is 0 Å². The van der Waals surface area contributed by atoms with Gasteiger partial charge < -0.3 is 10.5 Å². The molecule has 0 aromatic rings. The Hall–Kier alpha value is -0.0800. The Labute approximate surface area is 62.7 Å². The molecule has 2 atom stereocenters. The van der Waals surface area contributed by atoms with Gasteiger partial charge in [0.1, 0.15) is 0 Å². The van der Waals surface area contributed by atoms with Gasteiger partial charge in [-0.15, -0.1) is 0 Å². The maximum atomic E-state index is 5.81. The van der Waals surface area contributed by atoms with Crippen molar-refractivity contribution < 1.29 is 4.74 Å². The topological polar surface area (TPSA) is 35.2 Å². The van der Waals surface area contributed by atoms with E-state index in [0.717, 1.165) is 25.9 Å². The molecule has 1 saturated heterocycles. The second-order valence-electron chi connectivity index (χ2n) is 3.40.